The van der Waals surface area contributed by atoms with Crippen LogP contribution < -0.4 is 4.90 Å². The Balaban J connectivity index is 1.41. The van der Waals surface area contributed by atoms with E-state index in [0.717, 1.165) is 61.1 Å². The largest absolute Gasteiger partial charge is 0.507 e. The van der Waals surface area contributed by atoms with Crippen LogP contribution in [0.3, 0.4) is 0 Å². The summed E-state index contributed by atoms with van der Waals surface area (Å²) in [6.45, 7) is 4.33. The molecule has 3 heterocycles. The van der Waals surface area contributed by atoms with Crippen molar-refractivity contribution in [2.24, 2.45) is 0 Å². The van der Waals surface area contributed by atoms with Gasteiger partial charge in [0.05, 0.1) is 11.1 Å². The van der Waals surface area contributed by atoms with Gasteiger partial charge >= 0.3 is 0 Å². The summed E-state index contributed by atoms with van der Waals surface area (Å²) in [5, 5.41) is 11.4. The van der Waals surface area contributed by atoms with Gasteiger partial charge in [0.25, 0.3) is 5.91 Å². The number of hydrogen-bond donors (Lipinski definition) is 1. The van der Waals surface area contributed by atoms with Crippen LogP contribution in [-0.2, 0) is 9.53 Å². The molecule has 2 fully saturated rings. The summed E-state index contributed by atoms with van der Waals surface area (Å²) in [4.78, 5) is 26.6. The molecule has 5 rings (SSSR count). The van der Waals surface area contributed by atoms with Crippen molar-refractivity contribution in [3.63, 3.8) is 0 Å². The number of phenols is 1. The predicted octanol–water partition coefficient (Wildman–Crippen LogP) is 3.92. The van der Waals surface area contributed by atoms with Gasteiger partial charge in [0.1, 0.15) is 17.7 Å². The number of amides is 1. The third-order valence-electron chi connectivity index (χ3n) is 6.84. The SMILES string of the molecule is Cc1ccc2c(N3CCC(N(C)C(=O)[C@@H]4CCCO4)CC3)nc(-c3ccccc3O)nc2c1. The summed E-state index contributed by atoms with van der Waals surface area (Å²) in [6.07, 6.45) is 3.26. The average molecular weight is 447 g/mol. The Hall–Kier alpha value is -3.19. The highest BCUT2D eigenvalue weighted by Crippen LogP contribution is 2.33. The smallest absolute Gasteiger partial charge is 0.251 e. The number of aromatic hydroxyl groups is 1. The first-order valence-corrected chi connectivity index (χ1v) is 11.7. The molecule has 0 aliphatic carbocycles. The van der Waals surface area contributed by atoms with Crippen molar-refractivity contribution in [2.45, 2.75) is 44.8 Å². The summed E-state index contributed by atoms with van der Waals surface area (Å²) < 4.78 is 5.60. The number of nitrogens with zero attached hydrogens (tertiary/aromatic N) is 4. The molecule has 2 aliphatic heterocycles. The monoisotopic (exact) mass is 446 g/mol. The number of likely N-dealkylation sites (N-methyl/N-ethyl adjacent to an activating group) is 1. The molecule has 0 radical (unpaired) electrons. The molecular weight excluding hydrogens is 416 g/mol. The molecular formula is C26H30N4O3. The zero-order chi connectivity index (χ0) is 22.9. The highest BCUT2D eigenvalue weighted by atomic mass is 16.5. The Morgan fingerprint density at radius 2 is 1.91 bits per heavy atom. The molecule has 172 valence electrons. The van der Waals surface area contributed by atoms with E-state index in [9.17, 15) is 9.90 Å². The second kappa shape index (κ2) is 8.98. The lowest BCUT2D eigenvalue weighted by Gasteiger charge is -2.38. The van der Waals surface area contributed by atoms with Crippen LogP contribution in [0.25, 0.3) is 22.3 Å². The maximum absolute atomic E-state index is 12.8. The van der Waals surface area contributed by atoms with Crippen LogP contribution >= 0.6 is 0 Å². The first-order chi connectivity index (χ1) is 16.0. The summed E-state index contributed by atoms with van der Waals surface area (Å²) in [7, 11) is 1.91. The van der Waals surface area contributed by atoms with Crippen LogP contribution in [-0.4, -0.2) is 64.8 Å². The lowest BCUT2D eigenvalue weighted by Crippen LogP contribution is -2.48. The number of ether oxygens (including phenoxy) is 1. The molecule has 0 spiro atoms. The second-order valence-corrected chi connectivity index (χ2v) is 9.08. The Bertz CT molecular complexity index is 1170. The number of para-hydroxylation sites is 1. The number of piperidine rings is 1. The third-order valence-corrected chi connectivity index (χ3v) is 6.84. The Kier molecular flexibility index (Phi) is 5.89. The molecule has 1 N–H and O–H groups in total. The fraction of sp³-hybridized carbons (Fsp3) is 0.423. The Morgan fingerprint density at radius 3 is 2.64 bits per heavy atom. The molecule has 2 aliphatic rings. The van der Waals surface area contributed by atoms with Crippen molar-refractivity contribution >= 4 is 22.6 Å². The van der Waals surface area contributed by atoms with Crippen LogP contribution in [0.4, 0.5) is 5.82 Å². The van der Waals surface area contributed by atoms with Gasteiger partial charge < -0.3 is 19.6 Å². The van der Waals surface area contributed by atoms with E-state index in [1.54, 1.807) is 12.1 Å². The number of fused-ring (bicyclic) bond motifs is 1. The van der Waals surface area contributed by atoms with Crippen molar-refractivity contribution in [1.82, 2.24) is 14.9 Å². The normalized spacial score (nSPS) is 19.2. The quantitative estimate of drug-likeness (QED) is 0.655. The van der Waals surface area contributed by atoms with Crippen molar-refractivity contribution in [1.29, 1.82) is 0 Å². The molecule has 1 atom stereocenters. The van der Waals surface area contributed by atoms with Gasteiger partial charge in [0.15, 0.2) is 5.82 Å². The highest BCUT2D eigenvalue weighted by Gasteiger charge is 2.32. The predicted molar refractivity (Wildman–Crippen MR) is 128 cm³/mol. The molecule has 3 aromatic rings. The summed E-state index contributed by atoms with van der Waals surface area (Å²) >= 11 is 0. The van der Waals surface area contributed by atoms with E-state index < -0.39 is 0 Å². The number of aromatic nitrogens is 2. The van der Waals surface area contributed by atoms with Gasteiger partial charge in [-0.2, -0.15) is 0 Å². The lowest BCUT2D eigenvalue weighted by molar-refractivity contribution is -0.142. The molecule has 7 nitrogen and oxygen atoms in total. The first kappa shape index (κ1) is 21.6. The number of hydrogen-bond acceptors (Lipinski definition) is 6. The molecule has 0 unspecified atom stereocenters. The van der Waals surface area contributed by atoms with Crippen LogP contribution in [0.5, 0.6) is 5.75 Å². The topological polar surface area (TPSA) is 78.8 Å². The molecule has 2 aromatic carbocycles. The standard InChI is InChI=1S/C26H30N4O3/c1-17-9-10-19-21(16-17)27-24(20-6-3-4-7-22(20)31)28-25(19)30-13-11-18(12-14-30)29(2)26(32)23-8-5-15-33-23/h3-4,6-7,9-10,16,18,23,31H,5,8,11-15H2,1-2H3/t23-/m0/s1. The van der Waals surface area contributed by atoms with Gasteiger partial charge in [-0.3, -0.25) is 4.79 Å². The van der Waals surface area contributed by atoms with E-state index in [4.69, 9.17) is 14.7 Å². The number of aryl methyl sites for hydroxylation is 1. The first-order valence-electron chi connectivity index (χ1n) is 11.7. The third kappa shape index (κ3) is 4.25. The van der Waals surface area contributed by atoms with Crippen LogP contribution in [0.15, 0.2) is 42.5 Å². The van der Waals surface area contributed by atoms with Gasteiger partial charge in [0, 0.05) is 38.2 Å². The van der Waals surface area contributed by atoms with E-state index in [0.29, 0.717) is 18.0 Å². The van der Waals surface area contributed by atoms with Crippen LogP contribution in [0.2, 0.25) is 0 Å². The number of benzene rings is 2. The van der Waals surface area contributed by atoms with Crippen LogP contribution in [0, 0.1) is 6.92 Å². The number of anilines is 1. The minimum Gasteiger partial charge on any atom is -0.507 e. The molecule has 0 saturated carbocycles. The lowest BCUT2D eigenvalue weighted by atomic mass is 10.0. The molecule has 33 heavy (non-hydrogen) atoms. The number of phenolic OH excluding ortho intramolecular Hbond substituents is 1. The maximum atomic E-state index is 12.8. The van der Waals surface area contributed by atoms with Crippen molar-refractivity contribution in [3.8, 4) is 17.1 Å². The molecule has 1 aromatic heterocycles. The number of carbonyl (C=O) groups excluding carboxylic acids is 1. The molecule has 0 bridgehead atoms. The second-order valence-electron chi connectivity index (χ2n) is 9.08. The maximum Gasteiger partial charge on any atom is 0.251 e. The summed E-state index contributed by atoms with van der Waals surface area (Å²) in [5.41, 5.74) is 2.62. The van der Waals surface area contributed by atoms with Crippen LogP contribution in [0.1, 0.15) is 31.2 Å². The Labute approximate surface area is 194 Å². The average Bonchev–Trinajstić information content (AvgIpc) is 3.38. The fourth-order valence-electron chi connectivity index (χ4n) is 4.89. The fourth-order valence-corrected chi connectivity index (χ4v) is 4.89. The van der Waals surface area contributed by atoms with E-state index in [2.05, 4.69) is 23.1 Å². The van der Waals surface area contributed by atoms with E-state index in [-0.39, 0.29) is 23.8 Å². The van der Waals surface area contributed by atoms with Gasteiger partial charge in [-0.1, -0.05) is 18.2 Å². The van der Waals surface area contributed by atoms with E-state index >= 15 is 0 Å². The van der Waals surface area contributed by atoms with Crippen molar-refractivity contribution in [2.75, 3.05) is 31.6 Å². The molecule has 7 heteroatoms. The number of carbonyl (C=O) groups is 1. The van der Waals surface area contributed by atoms with Crippen molar-refractivity contribution < 1.29 is 14.6 Å². The molecule has 1 amide bonds. The Morgan fingerprint density at radius 1 is 1.12 bits per heavy atom. The van der Waals surface area contributed by atoms with E-state index in [1.807, 2.05) is 31.0 Å². The van der Waals surface area contributed by atoms with Gasteiger partial charge in [-0.25, -0.2) is 9.97 Å². The molecule has 2 saturated heterocycles. The minimum absolute atomic E-state index is 0.107. The van der Waals surface area contributed by atoms with Gasteiger partial charge in [-0.05, 0) is 62.4 Å². The van der Waals surface area contributed by atoms with E-state index in [1.165, 1.54) is 0 Å². The summed E-state index contributed by atoms with van der Waals surface area (Å²) in [5.74, 6) is 1.68. The minimum atomic E-state index is -0.275. The van der Waals surface area contributed by atoms with Gasteiger partial charge in [0.2, 0.25) is 0 Å². The zero-order valence-electron chi connectivity index (χ0n) is 19.2. The van der Waals surface area contributed by atoms with Crippen molar-refractivity contribution in [3.05, 3.63) is 48.0 Å². The number of rotatable bonds is 4. The summed E-state index contributed by atoms with van der Waals surface area (Å²) in [6, 6.07) is 13.6. The zero-order valence-corrected chi connectivity index (χ0v) is 19.2. The highest BCUT2D eigenvalue weighted by molar-refractivity contribution is 5.92. The van der Waals surface area contributed by atoms with Gasteiger partial charge in [-0.15, -0.1) is 0 Å².